The van der Waals surface area contributed by atoms with E-state index in [9.17, 15) is 24.6 Å². The van der Waals surface area contributed by atoms with Crippen LogP contribution in [0.15, 0.2) is 54.6 Å². The van der Waals surface area contributed by atoms with Crippen molar-refractivity contribution in [3.8, 4) is 0 Å². The molecule has 7 nitrogen and oxygen atoms in total. The number of aliphatic carboxylic acids is 2. The third kappa shape index (κ3) is 5.70. The maximum absolute atomic E-state index is 13.1. The summed E-state index contributed by atoms with van der Waals surface area (Å²) in [6.07, 6.45) is 1.60. The van der Waals surface area contributed by atoms with Gasteiger partial charge in [-0.25, -0.2) is 0 Å². The van der Waals surface area contributed by atoms with Gasteiger partial charge in [-0.15, -0.1) is 0 Å². The van der Waals surface area contributed by atoms with Crippen molar-refractivity contribution in [2.24, 2.45) is 0 Å². The van der Waals surface area contributed by atoms with E-state index < -0.39 is 23.9 Å². The number of benzene rings is 2. The van der Waals surface area contributed by atoms with E-state index in [0.717, 1.165) is 11.1 Å². The minimum absolute atomic E-state index is 0.193. The first kappa shape index (κ1) is 22.5. The van der Waals surface area contributed by atoms with Crippen LogP contribution in [0.1, 0.15) is 36.0 Å². The van der Waals surface area contributed by atoms with Gasteiger partial charge in [0.15, 0.2) is 0 Å². The number of carbonyl (C=O) groups excluding carboxylic acids is 1. The molecule has 0 aromatic heterocycles. The molecular weight excluding hydrogens is 396 g/mol. The summed E-state index contributed by atoms with van der Waals surface area (Å²) in [5.41, 5.74) is 3.00. The summed E-state index contributed by atoms with van der Waals surface area (Å²) in [5, 5.41) is 22.0. The summed E-state index contributed by atoms with van der Waals surface area (Å²) in [5.74, 6) is -2.92. The van der Waals surface area contributed by atoms with E-state index >= 15 is 0 Å². The van der Waals surface area contributed by atoms with E-state index in [1.807, 2.05) is 30.3 Å². The molecule has 3 rings (SSSR count). The molecule has 164 valence electrons. The van der Waals surface area contributed by atoms with Crippen LogP contribution >= 0.6 is 0 Å². The molecular formula is C24H28N2O5. The van der Waals surface area contributed by atoms with Gasteiger partial charge in [0.05, 0.1) is 12.0 Å². The van der Waals surface area contributed by atoms with Crippen LogP contribution in [0.2, 0.25) is 0 Å². The highest BCUT2D eigenvalue weighted by Gasteiger charge is 2.33. The SMILES string of the molecule is C[C@H](NCC[C@H](C(=O)O)c1ccccc1)C(=O)N(CC(=O)O)C1Cc2ccccc2C1. The van der Waals surface area contributed by atoms with E-state index in [-0.39, 0.29) is 18.5 Å². The molecule has 1 aliphatic carbocycles. The first-order chi connectivity index (χ1) is 14.9. The molecule has 0 saturated carbocycles. The standard InChI is InChI=1S/C24H28N2O5/c1-16(25-12-11-21(24(30)31)17-7-3-2-4-8-17)23(29)26(15-22(27)28)20-13-18-9-5-6-10-19(18)14-20/h2-10,16,20-21,25H,11-15H2,1H3,(H,27,28)(H,30,31)/t16-,21-/m0/s1. The Balaban J connectivity index is 1.61. The summed E-state index contributed by atoms with van der Waals surface area (Å²) < 4.78 is 0. The molecule has 0 radical (unpaired) electrons. The number of hydrogen-bond acceptors (Lipinski definition) is 4. The van der Waals surface area contributed by atoms with Gasteiger partial charge in [-0.3, -0.25) is 14.4 Å². The van der Waals surface area contributed by atoms with Crippen LogP contribution < -0.4 is 5.32 Å². The van der Waals surface area contributed by atoms with Crippen molar-refractivity contribution < 1.29 is 24.6 Å². The third-order valence-electron chi connectivity index (χ3n) is 5.81. The summed E-state index contributed by atoms with van der Waals surface area (Å²) in [7, 11) is 0. The zero-order chi connectivity index (χ0) is 22.4. The quantitative estimate of drug-likeness (QED) is 0.540. The lowest BCUT2D eigenvalue weighted by Gasteiger charge is -2.30. The monoisotopic (exact) mass is 424 g/mol. The number of hydrogen-bond donors (Lipinski definition) is 3. The zero-order valence-corrected chi connectivity index (χ0v) is 17.5. The second-order valence-corrected chi connectivity index (χ2v) is 7.96. The Morgan fingerprint density at radius 3 is 2.13 bits per heavy atom. The van der Waals surface area contributed by atoms with Crippen molar-refractivity contribution in [2.75, 3.05) is 13.1 Å². The van der Waals surface area contributed by atoms with Crippen LogP contribution in [0, 0.1) is 0 Å². The number of rotatable bonds is 10. The summed E-state index contributed by atoms with van der Waals surface area (Å²) in [6, 6.07) is 16.1. The molecule has 0 heterocycles. The Bertz CT molecular complexity index is 906. The van der Waals surface area contributed by atoms with E-state index in [1.54, 1.807) is 31.2 Å². The average molecular weight is 424 g/mol. The highest BCUT2D eigenvalue weighted by molar-refractivity contribution is 5.85. The predicted molar refractivity (Wildman–Crippen MR) is 116 cm³/mol. The van der Waals surface area contributed by atoms with Gasteiger partial charge in [0.1, 0.15) is 6.54 Å². The van der Waals surface area contributed by atoms with Gasteiger partial charge < -0.3 is 20.4 Å². The molecule has 2 aromatic rings. The first-order valence-electron chi connectivity index (χ1n) is 10.5. The van der Waals surface area contributed by atoms with Crippen molar-refractivity contribution in [1.29, 1.82) is 0 Å². The smallest absolute Gasteiger partial charge is 0.323 e. The molecule has 1 aliphatic rings. The van der Waals surface area contributed by atoms with Gasteiger partial charge in [-0.05, 0) is 49.4 Å². The minimum Gasteiger partial charge on any atom is -0.481 e. The molecule has 2 aromatic carbocycles. The number of fused-ring (bicyclic) bond motifs is 1. The molecule has 31 heavy (non-hydrogen) atoms. The topological polar surface area (TPSA) is 107 Å². The Hall–Kier alpha value is -3.19. The number of carboxylic acid groups (broad SMARTS) is 2. The minimum atomic E-state index is -1.05. The van der Waals surface area contributed by atoms with Gasteiger partial charge in [0, 0.05) is 6.04 Å². The van der Waals surface area contributed by atoms with Crippen molar-refractivity contribution in [3.63, 3.8) is 0 Å². The lowest BCUT2D eigenvalue weighted by molar-refractivity contribution is -0.147. The summed E-state index contributed by atoms with van der Waals surface area (Å²) >= 11 is 0. The van der Waals surface area contributed by atoms with E-state index in [0.29, 0.717) is 31.4 Å². The van der Waals surface area contributed by atoms with Crippen molar-refractivity contribution in [3.05, 3.63) is 71.3 Å². The van der Waals surface area contributed by atoms with E-state index in [1.165, 1.54) is 4.90 Å². The number of nitrogens with one attached hydrogen (secondary N) is 1. The molecule has 0 saturated heterocycles. The lowest BCUT2D eigenvalue weighted by Crippen LogP contribution is -2.51. The Morgan fingerprint density at radius 1 is 1.00 bits per heavy atom. The van der Waals surface area contributed by atoms with Crippen molar-refractivity contribution in [2.45, 2.75) is 44.2 Å². The molecule has 0 bridgehead atoms. The summed E-state index contributed by atoms with van der Waals surface area (Å²) in [6.45, 7) is 1.66. The maximum atomic E-state index is 13.1. The van der Waals surface area contributed by atoms with Crippen molar-refractivity contribution in [1.82, 2.24) is 10.2 Å². The van der Waals surface area contributed by atoms with Crippen LogP contribution in [0.25, 0.3) is 0 Å². The van der Waals surface area contributed by atoms with Gasteiger partial charge in [-0.1, -0.05) is 54.6 Å². The normalized spacial score (nSPS) is 15.1. The number of carboxylic acids is 2. The van der Waals surface area contributed by atoms with Crippen molar-refractivity contribution >= 4 is 17.8 Å². The Labute approximate surface area is 181 Å². The van der Waals surface area contributed by atoms with Crippen LogP contribution in [0.4, 0.5) is 0 Å². The largest absolute Gasteiger partial charge is 0.481 e. The van der Waals surface area contributed by atoms with Gasteiger partial charge >= 0.3 is 11.9 Å². The van der Waals surface area contributed by atoms with E-state index in [2.05, 4.69) is 5.32 Å². The number of nitrogens with zero attached hydrogens (tertiary/aromatic N) is 1. The Kier molecular flexibility index (Phi) is 7.41. The van der Waals surface area contributed by atoms with Crippen LogP contribution in [-0.4, -0.2) is 58.1 Å². The highest BCUT2D eigenvalue weighted by atomic mass is 16.4. The Morgan fingerprint density at radius 2 is 1.58 bits per heavy atom. The fraction of sp³-hybridized carbons (Fsp3) is 0.375. The molecule has 2 atom stereocenters. The zero-order valence-electron chi connectivity index (χ0n) is 17.5. The first-order valence-corrected chi connectivity index (χ1v) is 10.5. The van der Waals surface area contributed by atoms with Crippen LogP contribution in [0.3, 0.4) is 0 Å². The van der Waals surface area contributed by atoms with Crippen LogP contribution in [0.5, 0.6) is 0 Å². The van der Waals surface area contributed by atoms with Crippen LogP contribution in [-0.2, 0) is 27.2 Å². The van der Waals surface area contributed by atoms with Gasteiger partial charge in [0.25, 0.3) is 0 Å². The van der Waals surface area contributed by atoms with Gasteiger partial charge in [0.2, 0.25) is 5.91 Å². The molecule has 0 unspecified atom stereocenters. The second kappa shape index (κ2) is 10.2. The van der Waals surface area contributed by atoms with Gasteiger partial charge in [-0.2, -0.15) is 0 Å². The molecule has 0 fully saturated rings. The molecule has 7 heteroatoms. The molecule has 3 N–H and O–H groups in total. The second-order valence-electron chi connectivity index (χ2n) is 7.96. The number of carbonyl (C=O) groups is 3. The highest BCUT2D eigenvalue weighted by Crippen LogP contribution is 2.26. The fourth-order valence-electron chi connectivity index (χ4n) is 4.19. The third-order valence-corrected chi connectivity index (χ3v) is 5.81. The fourth-order valence-corrected chi connectivity index (χ4v) is 4.19. The summed E-state index contributed by atoms with van der Waals surface area (Å²) in [4.78, 5) is 37.6. The molecule has 1 amide bonds. The molecule has 0 spiro atoms. The van der Waals surface area contributed by atoms with E-state index in [4.69, 9.17) is 0 Å². The maximum Gasteiger partial charge on any atom is 0.323 e. The number of amides is 1. The lowest BCUT2D eigenvalue weighted by atomic mass is 9.96. The molecule has 0 aliphatic heterocycles. The average Bonchev–Trinajstić information content (AvgIpc) is 3.18. The predicted octanol–water partition coefficient (Wildman–Crippen LogP) is 2.30.